The molecule has 1 fully saturated rings. The minimum Gasteiger partial charge on any atom is -0.449 e. The van der Waals surface area contributed by atoms with Crippen LogP contribution in [0.1, 0.15) is 23.8 Å². The van der Waals surface area contributed by atoms with E-state index in [1.165, 1.54) is 0 Å². The first-order valence-electron chi connectivity index (χ1n) is 8.01. The van der Waals surface area contributed by atoms with Gasteiger partial charge in [-0.25, -0.2) is 8.78 Å². The Morgan fingerprint density at radius 1 is 1.08 bits per heavy atom. The topological polar surface area (TPSA) is 50.4 Å². The maximum Gasteiger partial charge on any atom is 0.260 e. The lowest BCUT2D eigenvalue weighted by molar-refractivity contribution is -0.124. The van der Waals surface area contributed by atoms with Gasteiger partial charge in [0.15, 0.2) is 6.23 Å². The lowest BCUT2D eigenvalue weighted by atomic mass is 10.1. The number of hydrogen-bond donors (Lipinski definition) is 2. The summed E-state index contributed by atoms with van der Waals surface area (Å²) in [4.78, 5) is 12.1. The number of hydrogen-bond acceptors (Lipinski definition) is 3. The molecule has 0 bridgehead atoms. The number of carbonyl (C=O) groups is 1. The molecule has 128 valence electrons. The Kier molecular flexibility index (Phi) is 3.67. The van der Waals surface area contributed by atoms with Gasteiger partial charge in [0.1, 0.15) is 11.6 Å². The molecule has 1 aliphatic carbocycles. The number of halogens is 2. The summed E-state index contributed by atoms with van der Waals surface area (Å²) >= 11 is 0. The molecule has 2 aromatic rings. The fraction of sp³-hybridized carbons (Fsp3) is 0.211. The van der Waals surface area contributed by atoms with E-state index in [1.54, 1.807) is 0 Å². The summed E-state index contributed by atoms with van der Waals surface area (Å²) in [6.07, 6.45) is -0.908. The molecule has 0 saturated heterocycles. The average Bonchev–Trinajstić information content (AvgIpc) is 3.08. The third kappa shape index (κ3) is 3.07. The molecule has 0 spiro atoms. The van der Waals surface area contributed by atoms with Crippen LogP contribution in [0.5, 0.6) is 0 Å². The van der Waals surface area contributed by atoms with Crippen molar-refractivity contribution >= 4 is 11.6 Å². The molecular weight excluding hydrogens is 326 g/mol. The molecule has 4 rings (SSSR count). The largest absolute Gasteiger partial charge is 0.449 e. The molecule has 2 aromatic carbocycles. The third-order valence-corrected chi connectivity index (χ3v) is 4.28. The third-order valence-electron chi connectivity index (χ3n) is 4.28. The summed E-state index contributed by atoms with van der Waals surface area (Å²) < 4.78 is 32.1. The van der Waals surface area contributed by atoms with Gasteiger partial charge >= 0.3 is 0 Å². The quantitative estimate of drug-likeness (QED) is 0.895. The van der Waals surface area contributed by atoms with Crippen molar-refractivity contribution in [2.24, 2.45) is 5.92 Å². The number of alkyl halides is 2. The predicted molar refractivity (Wildman–Crippen MR) is 88.0 cm³/mol. The van der Waals surface area contributed by atoms with E-state index in [2.05, 4.69) is 10.6 Å². The summed E-state index contributed by atoms with van der Waals surface area (Å²) in [5, 5.41) is 5.73. The second-order valence-corrected chi connectivity index (χ2v) is 6.13. The summed E-state index contributed by atoms with van der Waals surface area (Å²) in [5.74, 6) is -4.74. The van der Waals surface area contributed by atoms with Crippen LogP contribution in [0.2, 0.25) is 0 Å². The van der Waals surface area contributed by atoms with Crippen LogP contribution in [-0.4, -0.2) is 11.8 Å². The van der Waals surface area contributed by atoms with E-state index in [4.69, 9.17) is 4.74 Å². The Morgan fingerprint density at radius 3 is 2.28 bits per heavy atom. The zero-order valence-corrected chi connectivity index (χ0v) is 13.2. The first-order chi connectivity index (χ1) is 12.0. The number of nitrogens with one attached hydrogen (secondary N) is 2. The number of benzene rings is 2. The summed E-state index contributed by atoms with van der Waals surface area (Å²) in [6, 6.07) is 18.7. The van der Waals surface area contributed by atoms with Gasteiger partial charge in [-0.15, -0.1) is 0 Å². The van der Waals surface area contributed by atoms with Crippen LogP contribution in [-0.2, 0) is 9.53 Å². The fourth-order valence-electron chi connectivity index (χ4n) is 2.79. The van der Waals surface area contributed by atoms with Gasteiger partial charge in [-0.1, -0.05) is 60.7 Å². The van der Waals surface area contributed by atoms with Gasteiger partial charge in [0.2, 0.25) is 11.8 Å². The van der Waals surface area contributed by atoms with Crippen LogP contribution in [0.15, 0.2) is 66.5 Å². The van der Waals surface area contributed by atoms with E-state index in [0.717, 1.165) is 11.1 Å². The Labute approximate surface area is 143 Å². The van der Waals surface area contributed by atoms with Crippen molar-refractivity contribution < 1.29 is 18.3 Å². The Morgan fingerprint density at radius 2 is 1.68 bits per heavy atom. The average molecular weight is 342 g/mol. The molecule has 2 N–H and O–H groups in total. The van der Waals surface area contributed by atoms with E-state index >= 15 is 0 Å². The molecule has 0 aromatic heterocycles. The van der Waals surface area contributed by atoms with Crippen molar-refractivity contribution in [3.63, 3.8) is 0 Å². The van der Waals surface area contributed by atoms with Gasteiger partial charge in [0, 0.05) is 17.5 Å². The first kappa shape index (κ1) is 15.6. The summed E-state index contributed by atoms with van der Waals surface area (Å²) in [6.45, 7) is 0. The number of carbonyl (C=O) groups excluding carboxylic acids is 1. The normalized spacial score (nSPS) is 23.6. The smallest absolute Gasteiger partial charge is 0.260 e. The van der Waals surface area contributed by atoms with Gasteiger partial charge in [-0.2, -0.15) is 0 Å². The van der Waals surface area contributed by atoms with Crippen molar-refractivity contribution in [1.82, 2.24) is 10.6 Å². The van der Waals surface area contributed by atoms with Crippen molar-refractivity contribution in [3.8, 4) is 0 Å². The van der Waals surface area contributed by atoms with E-state index < -0.39 is 30.4 Å². The molecule has 1 heterocycles. The number of ether oxygens (including phenoxy) is 1. The van der Waals surface area contributed by atoms with Crippen molar-refractivity contribution in [2.45, 2.75) is 18.6 Å². The maximum atomic E-state index is 13.1. The van der Waals surface area contributed by atoms with Crippen LogP contribution >= 0.6 is 0 Å². The Hall–Kier alpha value is -2.89. The molecule has 6 heteroatoms. The van der Waals surface area contributed by atoms with E-state index in [0.29, 0.717) is 5.70 Å². The highest BCUT2D eigenvalue weighted by Gasteiger charge is 2.61. The molecule has 4 nitrogen and oxygen atoms in total. The van der Waals surface area contributed by atoms with Gasteiger partial charge in [0.25, 0.3) is 5.92 Å². The standard InChI is InChI=1S/C19H16F2N2O2/c20-19(21)11-14(19)16(24)23-18-15(12-7-3-1-4-8-12)22-17(25-18)13-9-5-2-6-10-13/h1-10,14,17,22H,11H2,(H,23,24). The molecule has 2 unspecified atom stereocenters. The van der Waals surface area contributed by atoms with Gasteiger partial charge < -0.3 is 10.1 Å². The molecule has 0 radical (unpaired) electrons. The van der Waals surface area contributed by atoms with E-state index in [-0.39, 0.29) is 5.88 Å². The second kappa shape index (κ2) is 5.88. The van der Waals surface area contributed by atoms with Crippen LogP contribution < -0.4 is 10.6 Å². The molecule has 2 atom stereocenters. The Bertz CT molecular complexity index is 822. The minimum atomic E-state index is -2.91. The van der Waals surface area contributed by atoms with Gasteiger partial charge in [0.05, 0.1) is 0 Å². The van der Waals surface area contributed by atoms with Gasteiger partial charge in [-0.3, -0.25) is 10.1 Å². The highest BCUT2D eigenvalue weighted by molar-refractivity contribution is 5.86. The Balaban J connectivity index is 1.60. The van der Waals surface area contributed by atoms with E-state index in [9.17, 15) is 13.6 Å². The number of amides is 1. The van der Waals surface area contributed by atoms with Crippen LogP contribution in [0.25, 0.3) is 5.70 Å². The second-order valence-electron chi connectivity index (χ2n) is 6.13. The SMILES string of the molecule is O=C(NC1=C(c2ccccc2)NC(c2ccccc2)O1)C1CC1(F)F. The fourth-order valence-corrected chi connectivity index (χ4v) is 2.79. The van der Waals surface area contributed by atoms with Crippen molar-refractivity contribution in [3.05, 3.63) is 77.7 Å². The predicted octanol–water partition coefficient (Wildman–Crippen LogP) is 3.40. The lowest BCUT2D eigenvalue weighted by Crippen LogP contribution is -2.27. The highest BCUT2D eigenvalue weighted by atomic mass is 19.3. The highest BCUT2D eigenvalue weighted by Crippen LogP contribution is 2.49. The molecule has 1 amide bonds. The van der Waals surface area contributed by atoms with Crippen molar-refractivity contribution in [1.29, 1.82) is 0 Å². The van der Waals surface area contributed by atoms with Gasteiger partial charge in [-0.05, 0) is 0 Å². The molecule has 2 aliphatic rings. The van der Waals surface area contributed by atoms with Crippen molar-refractivity contribution in [2.75, 3.05) is 0 Å². The zero-order valence-electron chi connectivity index (χ0n) is 13.2. The zero-order chi connectivity index (χ0) is 17.4. The number of rotatable bonds is 4. The minimum absolute atomic E-state index is 0.174. The van der Waals surface area contributed by atoms with Crippen LogP contribution in [0.3, 0.4) is 0 Å². The molecule has 25 heavy (non-hydrogen) atoms. The lowest BCUT2D eigenvalue weighted by Gasteiger charge is -2.13. The summed E-state index contributed by atoms with van der Waals surface area (Å²) in [5.41, 5.74) is 2.25. The molecule has 1 saturated carbocycles. The summed E-state index contributed by atoms with van der Waals surface area (Å²) in [7, 11) is 0. The van der Waals surface area contributed by atoms with Crippen LogP contribution in [0.4, 0.5) is 8.78 Å². The maximum absolute atomic E-state index is 13.1. The molecular formula is C19H16F2N2O2. The monoisotopic (exact) mass is 342 g/mol. The van der Waals surface area contributed by atoms with E-state index in [1.807, 2.05) is 60.7 Å². The first-order valence-corrected chi connectivity index (χ1v) is 8.01. The van der Waals surface area contributed by atoms with Crippen LogP contribution in [0, 0.1) is 5.92 Å². The molecule has 1 aliphatic heterocycles.